The van der Waals surface area contributed by atoms with Crippen molar-refractivity contribution in [1.29, 1.82) is 0 Å². The van der Waals surface area contributed by atoms with Gasteiger partial charge in [-0.2, -0.15) is 0 Å². The summed E-state index contributed by atoms with van der Waals surface area (Å²) in [6.07, 6.45) is 0.394. The van der Waals surface area contributed by atoms with Gasteiger partial charge >= 0.3 is 0 Å². The van der Waals surface area contributed by atoms with Gasteiger partial charge in [0, 0.05) is 13.1 Å². The number of carbonyl (C=O) groups is 1. The first kappa shape index (κ1) is 14.7. The van der Waals surface area contributed by atoms with Crippen molar-refractivity contribution in [3.8, 4) is 0 Å². The molecule has 100 valence electrons. The Bertz CT molecular complexity index is 407. The molecule has 0 aliphatic carbocycles. The Hall–Kier alpha value is -1.35. The van der Waals surface area contributed by atoms with Crippen LogP contribution in [0.3, 0.4) is 0 Å². The van der Waals surface area contributed by atoms with Crippen LogP contribution in [0.4, 0.5) is 0 Å². The third-order valence-electron chi connectivity index (χ3n) is 2.75. The second kappa shape index (κ2) is 6.01. The van der Waals surface area contributed by atoms with Crippen molar-refractivity contribution in [1.82, 2.24) is 4.90 Å². The summed E-state index contributed by atoms with van der Waals surface area (Å²) in [5.74, 6) is 0.0604. The fourth-order valence-corrected chi connectivity index (χ4v) is 1.95. The molecule has 18 heavy (non-hydrogen) atoms. The molecule has 0 aromatic heterocycles. The second-order valence-corrected chi connectivity index (χ2v) is 5.39. The van der Waals surface area contributed by atoms with Crippen LogP contribution in [0.25, 0.3) is 0 Å². The topological polar surface area (TPSA) is 40.5 Å². The number of nitrogens with zero attached hydrogens (tertiary/aromatic N) is 1. The lowest BCUT2D eigenvalue weighted by atomic mass is 10.1. The largest absolute Gasteiger partial charge is 0.389 e. The first-order valence-corrected chi connectivity index (χ1v) is 6.37. The highest BCUT2D eigenvalue weighted by Gasteiger charge is 2.21. The Morgan fingerprint density at radius 3 is 2.56 bits per heavy atom. The Labute approximate surface area is 109 Å². The molecule has 1 N–H and O–H groups in total. The van der Waals surface area contributed by atoms with Gasteiger partial charge in [0.05, 0.1) is 12.0 Å². The number of benzene rings is 1. The standard InChI is InChI=1S/C15H23NO2/c1-5-16(11-15(3,4)18)14(17)10-13-8-6-7-12(2)9-13/h6-9,18H,5,10-11H2,1-4H3. The first-order valence-electron chi connectivity index (χ1n) is 6.37. The predicted molar refractivity (Wildman–Crippen MR) is 73.4 cm³/mol. The van der Waals surface area contributed by atoms with E-state index in [2.05, 4.69) is 0 Å². The molecule has 0 saturated carbocycles. The molecule has 0 heterocycles. The quantitative estimate of drug-likeness (QED) is 0.868. The van der Waals surface area contributed by atoms with E-state index in [4.69, 9.17) is 0 Å². The molecule has 1 rings (SSSR count). The van der Waals surface area contributed by atoms with Crippen LogP contribution in [-0.4, -0.2) is 34.6 Å². The van der Waals surface area contributed by atoms with E-state index in [0.717, 1.165) is 11.1 Å². The molecule has 0 atom stereocenters. The van der Waals surface area contributed by atoms with E-state index in [1.165, 1.54) is 0 Å². The van der Waals surface area contributed by atoms with Crippen LogP contribution in [0.15, 0.2) is 24.3 Å². The number of aryl methyl sites for hydroxylation is 1. The molecule has 0 spiro atoms. The van der Waals surface area contributed by atoms with Crippen molar-refractivity contribution in [3.63, 3.8) is 0 Å². The second-order valence-electron chi connectivity index (χ2n) is 5.39. The van der Waals surface area contributed by atoms with Gasteiger partial charge in [-0.3, -0.25) is 4.79 Å². The van der Waals surface area contributed by atoms with E-state index < -0.39 is 5.60 Å². The molecule has 1 amide bonds. The van der Waals surface area contributed by atoms with Crippen molar-refractivity contribution in [2.75, 3.05) is 13.1 Å². The molecule has 0 aliphatic rings. The van der Waals surface area contributed by atoms with E-state index in [9.17, 15) is 9.90 Å². The predicted octanol–water partition coefficient (Wildman–Crippen LogP) is 2.16. The van der Waals surface area contributed by atoms with Gasteiger partial charge in [0.15, 0.2) is 0 Å². The normalized spacial score (nSPS) is 11.4. The van der Waals surface area contributed by atoms with Crippen LogP contribution in [-0.2, 0) is 11.2 Å². The lowest BCUT2D eigenvalue weighted by molar-refractivity contribution is -0.133. The van der Waals surface area contributed by atoms with Crippen molar-refractivity contribution >= 4 is 5.91 Å². The van der Waals surface area contributed by atoms with Gasteiger partial charge < -0.3 is 10.0 Å². The zero-order valence-corrected chi connectivity index (χ0v) is 11.7. The molecule has 0 radical (unpaired) electrons. The third kappa shape index (κ3) is 4.88. The number of likely N-dealkylation sites (N-methyl/N-ethyl adjacent to an activating group) is 1. The minimum Gasteiger partial charge on any atom is -0.389 e. The Kier molecular flexibility index (Phi) is 4.91. The monoisotopic (exact) mass is 249 g/mol. The lowest BCUT2D eigenvalue weighted by Gasteiger charge is -2.28. The zero-order chi connectivity index (χ0) is 13.8. The number of carbonyl (C=O) groups excluding carboxylic acids is 1. The number of hydrogen-bond donors (Lipinski definition) is 1. The third-order valence-corrected chi connectivity index (χ3v) is 2.75. The number of amides is 1. The first-order chi connectivity index (χ1) is 8.31. The summed E-state index contributed by atoms with van der Waals surface area (Å²) in [5.41, 5.74) is 1.33. The van der Waals surface area contributed by atoms with Crippen molar-refractivity contribution in [2.24, 2.45) is 0 Å². The summed E-state index contributed by atoms with van der Waals surface area (Å²) < 4.78 is 0. The van der Waals surface area contributed by atoms with Crippen LogP contribution in [0.5, 0.6) is 0 Å². The van der Waals surface area contributed by atoms with Gasteiger partial charge in [-0.05, 0) is 33.3 Å². The van der Waals surface area contributed by atoms with Crippen LogP contribution in [0.2, 0.25) is 0 Å². The molecular weight excluding hydrogens is 226 g/mol. The minimum atomic E-state index is -0.849. The average Bonchev–Trinajstić information content (AvgIpc) is 2.24. The fourth-order valence-electron chi connectivity index (χ4n) is 1.95. The van der Waals surface area contributed by atoms with Gasteiger partial charge in [-0.15, -0.1) is 0 Å². The summed E-state index contributed by atoms with van der Waals surface area (Å²) >= 11 is 0. The molecule has 0 fully saturated rings. The van der Waals surface area contributed by atoms with E-state index in [1.807, 2.05) is 38.1 Å². The van der Waals surface area contributed by atoms with Crippen molar-refractivity contribution < 1.29 is 9.90 Å². The van der Waals surface area contributed by atoms with Crippen LogP contribution < -0.4 is 0 Å². The molecule has 3 heteroatoms. The van der Waals surface area contributed by atoms with Crippen molar-refractivity contribution in [2.45, 2.75) is 39.7 Å². The Morgan fingerprint density at radius 1 is 1.39 bits per heavy atom. The highest BCUT2D eigenvalue weighted by molar-refractivity contribution is 5.78. The Balaban J connectivity index is 2.68. The zero-order valence-electron chi connectivity index (χ0n) is 11.7. The summed E-state index contributed by atoms with van der Waals surface area (Å²) in [6, 6.07) is 7.96. The highest BCUT2D eigenvalue weighted by atomic mass is 16.3. The molecule has 1 aromatic rings. The van der Waals surface area contributed by atoms with Crippen LogP contribution in [0.1, 0.15) is 31.9 Å². The smallest absolute Gasteiger partial charge is 0.227 e. The molecule has 0 bridgehead atoms. The summed E-state index contributed by atoms with van der Waals surface area (Å²) in [6.45, 7) is 8.37. The highest BCUT2D eigenvalue weighted by Crippen LogP contribution is 2.09. The maximum Gasteiger partial charge on any atom is 0.227 e. The fraction of sp³-hybridized carbons (Fsp3) is 0.533. The van der Waals surface area contributed by atoms with Gasteiger partial charge in [0.25, 0.3) is 0 Å². The Morgan fingerprint density at radius 2 is 2.06 bits per heavy atom. The summed E-state index contributed by atoms with van der Waals surface area (Å²) in [7, 11) is 0. The van der Waals surface area contributed by atoms with E-state index in [-0.39, 0.29) is 5.91 Å². The van der Waals surface area contributed by atoms with Crippen molar-refractivity contribution in [3.05, 3.63) is 35.4 Å². The van der Waals surface area contributed by atoms with Crippen LogP contribution in [0, 0.1) is 6.92 Å². The maximum atomic E-state index is 12.1. The summed E-state index contributed by atoms with van der Waals surface area (Å²) in [4.78, 5) is 13.8. The van der Waals surface area contributed by atoms with E-state index in [0.29, 0.717) is 19.5 Å². The maximum absolute atomic E-state index is 12.1. The van der Waals surface area contributed by atoms with Gasteiger partial charge in [-0.1, -0.05) is 29.8 Å². The van der Waals surface area contributed by atoms with Gasteiger partial charge in [0.1, 0.15) is 0 Å². The average molecular weight is 249 g/mol. The SMILES string of the molecule is CCN(CC(C)(C)O)C(=O)Cc1cccc(C)c1. The minimum absolute atomic E-state index is 0.0604. The molecule has 0 unspecified atom stereocenters. The molecule has 0 aliphatic heterocycles. The number of rotatable bonds is 5. The number of aliphatic hydroxyl groups is 1. The number of hydrogen-bond acceptors (Lipinski definition) is 2. The van der Waals surface area contributed by atoms with Crippen LogP contribution >= 0.6 is 0 Å². The molecule has 3 nitrogen and oxygen atoms in total. The molecular formula is C15H23NO2. The van der Waals surface area contributed by atoms with Gasteiger partial charge in [0.2, 0.25) is 5.91 Å². The lowest BCUT2D eigenvalue weighted by Crippen LogP contribution is -2.42. The molecule has 0 saturated heterocycles. The van der Waals surface area contributed by atoms with E-state index in [1.54, 1.807) is 18.7 Å². The molecule has 1 aromatic carbocycles. The van der Waals surface area contributed by atoms with E-state index >= 15 is 0 Å². The summed E-state index contributed by atoms with van der Waals surface area (Å²) in [5, 5.41) is 9.78. The van der Waals surface area contributed by atoms with Gasteiger partial charge in [-0.25, -0.2) is 0 Å².